The minimum atomic E-state index is -4.56. The van der Waals surface area contributed by atoms with Gasteiger partial charge in [-0.1, -0.05) is 0 Å². The summed E-state index contributed by atoms with van der Waals surface area (Å²) in [6.45, 7) is 2.98. The molecule has 2 aliphatic rings. The summed E-state index contributed by atoms with van der Waals surface area (Å²) in [6.07, 6.45) is -6.05. The van der Waals surface area contributed by atoms with Crippen molar-refractivity contribution in [2.24, 2.45) is 0 Å². The van der Waals surface area contributed by atoms with E-state index in [0.29, 0.717) is 13.0 Å². The summed E-state index contributed by atoms with van der Waals surface area (Å²) < 4.78 is 68.3. The van der Waals surface area contributed by atoms with Crippen LogP contribution in [0.1, 0.15) is 20.3 Å². The Morgan fingerprint density at radius 3 is 2.58 bits per heavy atom. The molecule has 0 bridgehead atoms. The lowest BCUT2D eigenvalue weighted by molar-refractivity contribution is -0.267. The quantitative estimate of drug-likeness (QED) is 0.793. The first-order chi connectivity index (χ1) is 10.9. The molecule has 0 aromatic heterocycles. The van der Waals surface area contributed by atoms with E-state index in [2.05, 4.69) is 5.32 Å². The molecule has 7 nitrogen and oxygen atoms in total. The highest BCUT2D eigenvalue weighted by Crippen LogP contribution is 2.31. The van der Waals surface area contributed by atoms with Crippen molar-refractivity contribution < 1.29 is 31.1 Å². The lowest BCUT2D eigenvalue weighted by Gasteiger charge is -2.43. The molecular formula is C13H22F3N3O4S. The fourth-order valence-electron chi connectivity index (χ4n) is 2.85. The predicted molar refractivity (Wildman–Crippen MR) is 80.0 cm³/mol. The Balaban J connectivity index is 1.89. The van der Waals surface area contributed by atoms with Gasteiger partial charge in [0.2, 0.25) is 10.0 Å². The molecule has 140 valence electrons. The van der Waals surface area contributed by atoms with Gasteiger partial charge < -0.3 is 15.0 Å². The van der Waals surface area contributed by atoms with Crippen LogP contribution in [0.3, 0.4) is 0 Å². The van der Waals surface area contributed by atoms with Crippen molar-refractivity contribution in [2.45, 2.75) is 38.1 Å². The second-order valence-electron chi connectivity index (χ2n) is 6.59. The fraction of sp³-hybridized carbons (Fsp3) is 0.923. The molecule has 2 heterocycles. The van der Waals surface area contributed by atoms with Crippen molar-refractivity contribution in [1.82, 2.24) is 14.5 Å². The third kappa shape index (κ3) is 4.73. The van der Waals surface area contributed by atoms with Crippen LogP contribution in [0.25, 0.3) is 0 Å². The van der Waals surface area contributed by atoms with Gasteiger partial charge in [0, 0.05) is 19.6 Å². The fourth-order valence-corrected chi connectivity index (χ4v) is 4.38. The van der Waals surface area contributed by atoms with Crippen LogP contribution in [0, 0.1) is 0 Å². The molecule has 1 atom stereocenters. The summed E-state index contributed by atoms with van der Waals surface area (Å²) in [5.41, 5.74) is -1.12. The second-order valence-corrected chi connectivity index (χ2v) is 8.68. The zero-order chi connectivity index (χ0) is 18.2. The van der Waals surface area contributed by atoms with Crippen molar-refractivity contribution in [3.63, 3.8) is 0 Å². The van der Waals surface area contributed by atoms with Crippen LogP contribution in [0.4, 0.5) is 18.0 Å². The Bertz CT molecular complexity index is 580. The summed E-state index contributed by atoms with van der Waals surface area (Å²) in [4.78, 5) is 13.2. The smallest absolute Gasteiger partial charge is 0.359 e. The Morgan fingerprint density at radius 1 is 1.38 bits per heavy atom. The minimum Gasteiger partial charge on any atom is -0.359 e. The summed E-state index contributed by atoms with van der Waals surface area (Å²) in [5, 5.41) is 2.48. The number of rotatable bonds is 3. The number of alkyl halides is 3. The van der Waals surface area contributed by atoms with Crippen LogP contribution in [0.15, 0.2) is 0 Å². The first-order valence-corrected chi connectivity index (χ1v) is 9.27. The van der Waals surface area contributed by atoms with Gasteiger partial charge in [-0.2, -0.15) is 13.2 Å². The summed E-state index contributed by atoms with van der Waals surface area (Å²) in [7, 11) is -3.26. The number of halogens is 3. The third-order valence-electron chi connectivity index (χ3n) is 3.91. The lowest BCUT2D eigenvalue weighted by atomic mass is 10.1. The minimum absolute atomic E-state index is 0.0213. The monoisotopic (exact) mass is 373 g/mol. The van der Waals surface area contributed by atoms with Gasteiger partial charge in [0.25, 0.3) is 0 Å². The molecule has 0 aromatic rings. The maximum absolute atomic E-state index is 12.9. The number of hydrogen-bond acceptors (Lipinski definition) is 4. The van der Waals surface area contributed by atoms with Gasteiger partial charge >= 0.3 is 12.2 Å². The normalized spacial score (nSPS) is 27.2. The van der Waals surface area contributed by atoms with Crippen molar-refractivity contribution in [2.75, 3.05) is 38.5 Å². The number of carbonyl (C=O) groups excluding carboxylic acids is 1. The van der Waals surface area contributed by atoms with Crippen molar-refractivity contribution in [3.8, 4) is 0 Å². The van der Waals surface area contributed by atoms with E-state index in [4.69, 9.17) is 4.74 Å². The van der Waals surface area contributed by atoms with Crippen molar-refractivity contribution >= 4 is 16.1 Å². The van der Waals surface area contributed by atoms with Gasteiger partial charge in [0.05, 0.1) is 24.4 Å². The van der Waals surface area contributed by atoms with E-state index >= 15 is 0 Å². The number of nitrogens with zero attached hydrogens (tertiary/aromatic N) is 2. The highest BCUT2D eigenvalue weighted by Gasteiger charge is 2.49. The van der Waals surface area contributed by atoms with E-state index < -0.39 is 40.5 Å². The third-order valence-corrected chi connectivity index (χ3v) is 5.87. The molecule has 2 saturated heterocycles. The van der Waals surface area contributed by atoms with Crippen LogP contribution >= 0.6 is 0 Å². The second kappa shape index (κ2) is 6.68. The largest absolute Gasteiger partial charge is 0.416 e. The number of urea groups is 1. The summed E-state index contributed by atoms with van der Waals surface area (Å²) in [6, 6.07) is -0.655. The van der Waals surface area contributed by atoms with Crippen LogP contribution in [-0.4, -0.2) is 80.0 Å². The van der Waals surface area contributed by atoms with Gasteiger partial charge in [-0.05, 0) is 20.3 Å². The number of ether oxygens (including phenoxy) is 1. The molecule has 2 aliphatic heterocycles. The van der Waals surface area contributed by atoms with Crippen molar-refractivity contribution in [3.05, 3.63) is 0 Å². The Hall–Kier alpha value is -1.07. The van der Waals surface area contributed by atoms with Gasteiger partial charge in [-0.25, -0.2) is 17.5 Å². The van der Waals surface area contributed by atoms with Crippen molar-refractivity contribution in [1.29, 1.82) is 0 Å². The zero-order valence-electron chi connectivity index (χ0n) is 13.6. The van der Waals surface area contributed by atoms with Gasteiger partial charge in [-0.15, -0.1) is 0 Å². The summed E-state index contributed by atoms with van der Waals surface area (Å²) >= 11 is 0. The van der Waals surface area contributed by atoms with E-state index in [1.165, 1.54) is 18.2 Å². The molecule has 2 rings (SSSR count). The Kier molecular flexibility index (Phi) is 5.36. The average Bonchev–Trinajstić information content (AvgIpc) is 2.75. The molecule has 0 aromatic carbocycles. The first-order valence-electron chi connectivity index (χ1n) is 7.66. The molecule has 1 unspecified atom stereocenters. The molecule has 0 spiro atoms. The standard InChI is InChI=1S/C13H22F3N3O4S/c1-12(2)9-18(8-10(23-12)13(14,15)16)11(20)17-4-6-19-5-3-7-24(19,21)22/h10H,3-9H2,1-2H3,(H,17,20). The molecule has 0 radical (unpaired) electrons. The van der Waals surface area contributed by atoms with E-state index in [9.17, 15) is 26.4 Å². The number of sulfonamides is 1. The molecule has 0 aliphatic carbocycles. The molecule has 2 fully saturated rings. The molecular weight excluding hydrogens is 351 g/mol. The summed E-state index contributed by atoms with van der Waals surface area (Å²) in [5.74, 6) is 0.0891. The lowest BCUT2D eigenvalue weighted by Crippen LogP contribution is -2.60. The average molecular weight is 373 g/mol. The number of amides is 2. The highest BCUT2D eigenvalue weighted by atomic mass is 32.2. The van der Waals surface area contributed by atoms with Gasteiger partial charge in [0.15, 0.2) is 6.10 Å². The number of carbonyl (C=O) groups is 1. The number of morpholine rings is 1. The molecule has 2 amide bonds. The molecule has 11 heteroatoms. The van der Waals surface area contributed by atoms with Crippen LogP contribution < -0.4 is 5.32 Å². The number of hydrogen-bond donors (Lipinski definition) is 1. The van der Waals surface area contributed by atoms with Crippen LogP contribution in [0.5, 0.6) is 0 Å². The Morgan fingerprint density at radius 2 is 2.04 bits per heavy atom. The SMILES string of the molecule is CC1(C)CN(C(=O)NCCN2CCCS2(=O)=O)CC(C(F)(F)F)O1. The van der Waals surface area contributed by atoms with E-state index in [1.807, 2.05) is 0 Å². The predicted octanol–water partition coefficient (Wildman–Crippen LogP) is 0.773. The maximum atomic E-state index is 12.9. The molecule has 24 heavy (non-hydrogen) atoms. The van der Waals surface area contributed by atoms with E-state index in [0.717, 1.165) is 4.90 Å². The van der Waals surface area contributed by atoms with Crippen LogP contribution in [0.2, 0.25) is 0 Å². The highest BCUT2D eigenvalue weighted by molar-refractivity contribution is 7.89. The van der Waals surface area contributed by atoms with E-state index in [1.54, 1.807) is 0 Å². The zero-order valence-corrected chi connectivity index (χ0v) is 14.4. The van der Waals surface area contributed by atoms with E-state index in [-0.39, 0.29) is 25.4 Å². The number of nitrogens with one attached hydrogen (secondary N) is 1. The molecule has 0 saturated carbocycles. The first kappa shape index (κ1) is 19.3. The van der Waals surface area contributed by atoms with Gasteiger partial charge in [0.1, 0.15) is 0 Å². The maximum Gasteiger partial charge on any atom is 0.416 e. The molecule has 1 N–H and O–H groups in total. The van der Waals surface area contributed by atoms with Crippen LogP contribution in [-0.2, 0) is 14.8 Å². The van der Waals surface area contributed by atoms with Gasteiger partial charge in [-0.3, -0.25) is 0 Å². The topological polar surface area (TPSA) is 79.0 Å². The Labute approximate surface area is 139 Å².